The summed E-state index contributed by atoms with van der Waals surface area (Å²) in [6.45, 7) is 6.91. The van der Waals surface area contributed by atoms with Crippen LogP contribution in [0.15, 0.2) is 24.4 Å². The summed E-state index contributed by atoms with van der Waals surface area (Å²) in [5.74, 6) is -1.77. The first kappa shape index (κ1) is 22.6. The highest BCUT2D eigenvalue weighted by Crippen LogP contribution is 2.42. The molecule has 172 valence electrons. The van der Waals surface area contributed by atoms with Crippen molar-refractivity contribution in [1.29, 1.82) is 0 Å². The maximum atomic E-state index is 14.0. The highest BCUT2D eigenvalue weighted by atomic mass is 19.2. The van der Waals surface area contributed by atoms with Crippen molar-refractivity contribution >= 4 is 11.7 Å². The molecule has 2 aliphatic rings. The third-order valence-corrected chi connectivity index (χ3v) is 6.46. The second kappa shape index (κ2) is 8.75. The van der Waals surface area contributed by atoms with Gasteiger partial charge in [-0.25, -0.2) is 13.6 Å². The first-order valence-corrected chi connectivity index (χ1v) is 10.9. The lowest BCUT2D eigenvalue weighted by molar-refractivity contribution is 0.0845. The van der Waals surface area contributed by atoms with Gasteiger partial charge in [0.1, 0.15) is 0 Å². The maximum Gasteiger partial charge on any atom is 0.319 e. The zero-order valence-corrected chi connectivity index (χ0v) is 18.5. The molecule has 1 aliphatic carbocycles. The molecule has 1 aliphatic heterocycles. The number of benzene rings is 1. The molecule has 0 saturated carbocycles. The van der Waals surface area contributed by atoms with Crippen LogP contribution in [-0.2, 0) is 10.2 Å². The summed E-state index contributed by atoms with van der Waals surface area (Å²) in [4.78, 5) is 17.5. The van der Waals surface area contributed by atoms with Crippen LogP contribution in [0.3, 0.4) is 0 Å². The minimum absolute atomic E-state index is 0.179. The van der Waals surface area contributed by atoms with Crippen molar-refractivity contribution in [1.82, 2.24) is 10.3 Å². The zero-order chi connectivity index (χ0) is 23.0. The largest absolute Gasteiger partial charge is 0.391 e. The number of halogens is 2. The molecule has 0 spiro atoms. The van der Waals surface area contributed by atoms with Crippen molar-refractivity contribution in [2.45, 2.75) is 63.5 Å². The summed E-state index contributed by atoms with van der Waals surface area (Å²) in [6.07, 6.45) is 2.77. The zero-order valence-electron chi connectivity index (χ0n) is 18.5. The first-order valence-electron chi connectivity index (χ1n) is 10.9. The topological polar surface area (TPSA) is 83.5 Å². The normalized spacial score (nSPS) is 22.8. The van der Waals surface area contributed by atoms with Crippen LogP contribution >= 0.6 is 0 Å². The Bertz CT molecular complexity index is 1020. The summed E-state index contributed by atoms with van der Waals surface area (Å²) in [5.41, 5.74) is 2.70. The number of carbonyl (C=O) groups excluding carboxylic acids is 1. The average molecular weight is 446 g/mol. The van der Waals surface area contributed by atoms with Gasteiger partial charge in [0.15, 0.2) is 11.6 Å². The second-order valence-corrected chi connectivity index (χ2v) is 9.42. The highest BCUT2D eigenvalue weighted by Gasteiger charge is 2.40. The summed E-state index contributed by atoms with van der Waals surface area (Å²) >= 11 is 0. The van der Waals surface area contributed by atoms with Crippen LogP contribution in [0.1, 0.15) is 67.5 Å². The average Bonchev–Trinajstić information content (AvgIpc) is 2.73. The summed E-state index contributed by atoms with van der Waals surface area (Å²) in [5, 5.41) is 16.4. The van der Waals surface area contributed by atoms with Gasteiger partial charge in [0.25, 0.3) is 0 Å². The van der Waals surface area contributed by atoms with Crippen LogP contribution in [0.25, 0.3) is 0 Å². The minimum Gasteiger partial charge on any atom is -0.391 e. The van der Waals surface area contributed by atoms with E-state index in [9.17, 15) is 18.7 Å². The smallest absolute Gasteiger partial charge is 0.319 e. The minimum atomic E-state index is -1.01. The molecule has 0 radical (unpaired) electrons. The van der Waals surface area contributed by atoms with E-state index in [-0.39, 0.29) is 5.92 Å². The van der Waals surface area contributed by atoms with Crippen molar-refractivity contribution in [3.63, 3.8) is 0 Å². The van der Waals surface area contributed by atoms with Crippen LogP contribution in [0.4, 0.5) is 19.3 Å². The molecule has 0 bridgehead atoms. The fourth-order valence-electron chi connectivity index (χ4n) is 4.81. The predicted molar refractivity (Wildman–Crippen MR) is 117 cm³/mol. The van der Waals surface area contributed by atoms with E-state index < -0.39 is 35.2 Å². The lowest BCUT2D eigenvalue weighted by Gasteiger charge is -2.40. The van der Waals surface area contributed by atoms with E-state index in [2.05, 4.69) is 15.6 Å². The number of anilines is 1. The molecule has 3 N–H and O–H groups in total. The molecule has 2 aromatic rings. The van der Waals surface area contributed by atoms with Gasteiger partial charge in [0, 0.05) is 25.3 Å². The Morgan fingerprint density at radius 3 is 2.59 bits per heavy atom. The molecular weight excluding hydrogens is 416 g/mol. The van der Waals surface area contributed by atoms with Gasteiger partial charge < -0.3 is 20.5 Å². The Hall–Kier alpha value is -2.58. The lowest BCUT2D eigenvalue weighted by Crippen LogP contribution is -2.45. The Morgan fingerprint density at radius 2 is 1.88 bits per heavy atom. The number of aryl methyl sites for hydroxylation is 1. The van der Waals surface area contributed by atoms with Crippen molar-refractivity contribution in [3.05, 3.63) is 58.4 Å². The van der Waals surface area contributed by atoms with Gasteiger partial charge in [-0.3, -0.25) is 4.98 Å². The fraction of sp³-hybridized carbons (Fsp3) is 0.500. The van der Waals surface area contributed by atoms with Gasteiger partial charge in [0.05, 0.1) is 23.5 Å². The summed E-state index contributed by atoms with van der Waals surface area (Å²) < 4.78 is 33.4. The predicted octanol–water partition coefficient (Wildman–Crippen LogP) is 4.47. The van der Waals surface area contributed by atoms with Gasteiger partial charge in [-0.05, 0) is 66.5 Å². The van der Waals surface area contributed by atoms with Crippen LogP contribution < -0.4 is 10.6 Å². The molecule has 1 saturated heterocycles. The van der Waals surface area contributed by atoms with Crippen LogP contribution in [-0.4, -0.2) is 35.4 Å². The monoisotopic (exact) mass is 445 g/mol. The Balaban J connectivity index is 1.59. The number of rotatable bonds is 3. The number of amides is 2. The van der Waals surface area contributed by atoms with Gasteiger partial charge in [-0.2, -0.15) is 0 Å². The number of aromatic nitrogens is 1. The Kier molecular flexibility index (Phi) is 6.18. The molecule has 0 unspecified atom stereocenters. The molecule has 1 aromatic heterocycles. The number of carbonyl (C=O) groups is 1. The Morgan fingerprint density at radius 1 is 1.19 bits per heavy atom. The van der Waals surface area contributed by atoms with Crippen LogP contribution in [0, 0.1) is 18.6 Å². The molecule has 8 heteroatoms. The van der Waals surface area contributed by atoms with Gasteiger partial charge in [-0.1, -0.05) is 13.8 Å². The van der Waals surface area contributed by atoms with Gasteiger partial charge in [-0.15, -0.1) is 0 Å². The molecule has 2 amide bonds. The van der Waals surface area contributed by atoms with Crippen LogP contribution in [0.5, 0.6) is 0 Å². The summed E-state index contributed by atoms with van der Waals surface area (Å²) in [6, 6.07) is 2.70. The molecule has 1 aromatic carbocycles. The van der Waals surface area contributed by atoms with Crippen LogP contribution in [0.2, 0.25) is 0 Å². The van der Waals surface area contributed by atoms with E-state index in [0.717, 1.165) is 36.2 Å². The summed E-state index contributed by atoms with van der Waals surface area (Å²) in [7, 11) is 0. The molecule has 32 heavy (non-hydrogen) atoms. The standard InChI is InChI=1S/C24H29F2N3O3/c1-13-8-19(21(27-12-13)14-4-6-32-7-5-14)28-23(31)29-22-15-9-17(25)18(26)10-16(15)24(2,3)11-20(22)30/h8-10,12,14,20,22,30H,4-7,11H2,1-3H3,(H2,28,29,31)/t20-,22-/m1/s1. The van der Waals surface area contributed by atoms with E-state index >= 15 is 0 Å². The quantitative estimate of drug-likeness (QED) is 0.651. The molecular formula is C24H29F2N3O3. The number of urea groups is 1. The van der Waals surface area contributed by atoms with Crippen molar-refractivity contribution in [3.8, 4) is 0 Å². The number of nitrogens with zero attached hydrogens (tertiary/aromatic N) is 1. The first-order chi connectivity index (χ1) is 15.2. The number of pyridine rings is 1. The van der Waals surface area contributed by atoms with Crippen molar-refractivity contribution in [2.24, 2.45) is 0 Å². The Labute approximate surface area is 186 Å². The number of ether oxygens (including phenoxy) is 1. The van der Waals surface area contributed by atoms with E-state index in [1.807, 2.05) is 26.8 Å². The number of aliphatic hydroxyl groups is 1. The highest BCUT2D eigenvalue weighted by molar-refractivity contribution is 5.90. The number of hydrogen-bond acceptors (Lipinski definition) is 4. The second-order valence-electron chi connectivity index (χ2n) is 9.42. The van der Waals surface area contributed by atoms with Gasteiger partial charge in [0.2, 0.25) is 0 Å². The van der Waals surface area contributed by atoms with E-state index in [0.29, 0.717) is 36.4 Å². The molecule has 2 heterocycles. The fourth-order valence-corrected chi connectivity index (χ4v) is 4.81. The number of nitrogens with one attached hydrogen (secondary N) is 2. The maximum absolute atomic E-state index is 14.0. The number of aliphatic hydroxyl groups excluding tert-OH is 1. The third-order valence-electron chi connectivity index (χ3n) is 6.46. The van der Waals surface area contributed by atoms with Crippen molar-refractivity contribution < 1.29 is 23.4 Å². The van der Waals surface area contributed by atoms with E-state index in [1.54, 1.807) is 6.20 Å². The van der Waals surface area contributed by atoms with E-state index in [4.69, 9.17) is 4.74 Å². The lowest BCUT2D eigenvalue weighted by atomic mass is 9.69. The SMILES string of the molecule is Cc1cnc(C2CCOCC2)c(NC(=O)N[C@@H]2c3cc(F)c(F)cc3C(C)(C)C[C@H]2O)c1. The molecule has 1 fully saturated rings. The molecule has 2 atom stereocenters. The molecule has 4 rings (SSSR count). The third kappa shape index (κ3) is 4.47. The van der Waals surface area contributed by atoms with Gasteiger partial charge >= 0.3 is 6.03 Å². The van der Waals surface area contributed by atoms with E-state index in [1.165, 1.54) is 0 Å². The molecule has 6 nitrogen and oxygen atoms in total. The van der Waals surface area contributed by atoms with Crippen molar-refractivity contribution in [2.75, 3.05) is 18.5 Å². The number of fused-ring (bicyclic) bond motifs is 1. The number of hydrogen-bond donors (Lipinski definition) is 3.